The van der Waals surface area contributed by atoms with Gasteiger partial charge in [0.1, 0.15) is 4.64 Å². The molecule has 2 aromatic heterocycles. The number of nitrogens with zero attached hydrogens (tertiary/aromatic N) is 2. The molecule has 96 valence electrons. The smallest absolute Gasteiger partial charge is 0.159 e. The van der Waals surface area contributed by atoms with E-state index in [4.69, 9.17) is 12.2 Å². The molecule has 2 rings (SSSR count). The van der Waals surface area contributed by atoms with Gasteiger partial charge >= 0.3 is 0 Å². The quantitative estimate of drug-likeness (QED) is 0.833. The van der Waals surface area contributed by atoms with Crippen LogP contribution >= 0.6 is 12.2 Å². The van der Waals surface area contributed by atoms with E-state index < -0.39 is 0 Å². The van der Waals surface area contributed by atoms with Crippen molar-refractivity contribution in [2.45, 2.75) is 33.1 Å². The van der Waals surface area contributed by atoms with Crippen LogP contribution in [-0.2, 0) is 6.42 Å². The third kappa shape index (κ3) is 2.53. The van der Waals surface area contributed by atoms with Gasteiger partial charge in [0.25, 0.3) is 0 Å². The zero-order valence-corrected chi connectivity index (χ0v) is 11.8. The summed E-state index contributed by atoms with van der Waals surface area (Å²) >= 11 is 5.56. The Kier molecular flexibility index (Phi) is 4.31. The van der Waals surface area contributed by atoms with Gasteiger partial charge in [-0.3, -0.25) is 0 Å². The van der Waals surface area contributed by atoms with Crippen molar-refractivity contribution in [2.75, 3.05) is 12.0 Å². The summed E-state index contributed by atoms with van der Waals surface area (Å²) in [4.78, 5) is 4.43. The van der Waals surface area contributed by atoms with Crippen LogP contribution in [0.5, 0.6) is 0 Å². The first kappa shape index (κ1) is 13.0. The second kappa shape index (κ2) is 5.96. The van der Waals surface area contributed by atoms with E-state index in [1.807, 2.05) is 10.7 Å². The Hall–Kier alpha value is -1.42. The van der Waals surface area contributed by atoms with E-state index in [9.17, 15) is 0 Å². The van der Waals surface area contributed by atoms with Gasteiger partial charge in [-0.15, -0.1) is 0 Å². The van der Waals surface area contributed by atoms with E-state index in [2.05, 4.69) is 36.4 Å². The lowest BCUT2D eigenvalue weighted by molar-refractivity contribution is 0.793. The maximum Gasteiger partial charge on any atom is 0.159 e. The lowest BCUT2D eigenvalue weighted by atomic mass is 10.1. The molecule has 0 radical (unpaired) electrons. The first-order valence-corrected chi connectivity index (χ1v) is 6.92. The number of aromatic nitrogens is 2. The van der Waals surface area contributed by atoms with Gasteiger partial charge in [-0.05, 0) is 36.6 Å². The Labute approximate surface area is 113 Å². The van der Waals surface area contributed by atoms with E-state index in [1.165, 1.54) is 5.56 Å². The van der Waals surface area contributed by atoms with Gasteiger partial charge in [-0.1, -0.05) is 32.5 Å². The maximum absolute atomic E-state index is 5.56. The Morgan fingerprint density at radius 1 is 1.33 bits per heavy atom. The zero-order chi connectivity index (χ0) is 13.0. The molecule has 1 N–H and O–H groups in total. The van der Waals surface area contributed by atoms with Crippen LogP contribution in [0.4, 0.5) is 0 Å². The molecule has 0 aliphatic carbocycles. The predicted molar refractivity (Wildman–Crippen MR) is 79.1 cm³/mol. The fraction of sp³-hybridized carbons (Fsp3) is 0.429. The van der Waals surface area contributed by atoms with Crippen molar-refractivity contribution in [3.63, 3.8) is 0 Å². The largest absolute Gasteiger partial charge is 0.323 e. The van der Waals surface area contributed by atoms with E-state index >= 15 is 0 Å². The monoisotopic (exact) mass is 261 g/mol. The van der Waals surface area contributed by atoms with Crippen LogP contribution in [0.1, 0.15) is 32.3 Å². The topological polar surface area (TPSA) is 29.9 Å². The van der Waals surface area contributed by atoms with Gasteiger partial charge < -0.3 is 5.43 Å². The van der Waals surface area contributed by atoms with E-state index in [1.54, 1.807) is 6.20 Å². The normalized spacial score (nSPS) is 10.8. The molecule has 0 saturated carbocycles. The minimum Gasteiger partial charge on any atom is -0.323 e. The number of aryl methyl sites for hydroxylation is 1. The summed E-state index contributed by atoms with van der Waals surface area (Å²) in [5, 5.41) is 1.14. The molecule has 0 bridgehead atoms. The summed E-state index contributed by atoms with van der Waals surface area (Å²) in [7, 11) is 0. The van der Waals surface area contributed by atoms with Gasteiger partial charge in [-0.25, -0.2) is 9.66 Å². The van der Waals surface area contributed by atoms with Gasteiger partial charge in [0.15, 0.2) is 5.65 Å². The van der Waals surface area contributed by atoms with Crippen molar-refractivity contribution in [1.82, 2.24) is 9.66 Å². The van der Waals surface area contributed by atoms with Crippen molar-refractivity contribution in [1.29, 1.82) is 0 Å². The van der Waals surface area contributed by atoms with E-state index in [0.29, 0.717) is 0 Å². The van der Waals surface area contributed by atoms with Crippen LogP contribution in [0.2, 0.25) is 0 Å². The van der Waals surface area contributed by atoms with Crippen molar-refractivity contribution in [3.05, 3.63) is 34.6 Å². The second-order valence-corrected chi connectivity index (χ2v) is 4.77. The Bertz CT molecular complexity index is 589. The van der Waals surface area contributed by atoms with Crippen LogP contribution in [0.3, 0.4) is 0 Å². The molecule has 0 fully saturated rings. The van der Waals surface area contributed by atoms with Crippen LogP contribution in [0.25, 0.3) is 11.0 Å². The summed E-state index contributed by atoms with van der Waals surface area (Å²) < 4.78 is 2.82. The molecule has 0 saturated heterocycles. The van der Waals surface area contributed by atoms with Crippen LogP contribution in [0.15, 0.2) is 24.4 Å². The molecule has 0 aliphatic heterocycles. The third-order valence-corrected chi connectivity index (χ3v) is 3.32. The number of pyridine rings is 2. The molecule has 2 aromatic rings. The number of fused-ring (bicyclic) bond motifs is 1. The number of rotatable bonds is 5. The average molecular weight is 261 g/mol. The molecule has 0 atom stereocenters. The standard InChI is InChI=1S/C14H19N3S/c1-3-6-12-10-11-7-5-9-15-13(11)17(14(12)18)16-8-4-2/h5,7,9-10,16H,3-4,6,8H2,1-2H3. The first-order valence-electron chi connectivity index (χ1n) is 6.51. The molecular formula is C14H19N3S. The lowest BCUT2D eigenvalue weighted by Gasteiger charge is -2.15. The fourth-order valence-corrected chi connectivity index (χ4v) is 2.33. The Morgan fingerprint density at radius 2 is 2.17 bits per heavy atom. The molecule has 0 amide bonds. The molecule has 4 heteroatoms. The fourth-order valence-electron chi connectivity index (χ4n) is 2.02. The molecule has 18 heavy (non-hydrogen) atoms. The number of hydrogen-bond donors (Lipinski definition) is 1. The van der Waals surface area contributed by atoms with Crippen LogP contribution in [-0.4, -0.2) is 16.2 Å². The van der Waals surface area contributed by atoms with Gasteiger partial charge in [0.2, 0.25) is 0 Å². The molecular weight excluding hydrogens is 242 g/mol. The minimum atomic E-state index is 0.858. The van der Waals surface area contributed by atoms with Crippen LogP contribution in [0, 0.1) is 4.64 Å². The van der Waals surface area contributed by atoms with Gasteiger partial charge in [-0.2, -0.15) is 0 Å². The predicted octanol–water partition coefficient (Wildman–Crippen LogP) is 3.67. The molecule has 2 heterocycles. The van der Waals surface area contributed by atoms with Gasteiger partial charge in [0, 0.05) is 18.1 Å². The molecule has 3 nitrogen and oxygen atoms in total. The Morgan fingerprint density at radius 3 is 2.89 bits per heavy atom. The van der Waals surface area contributed by atoms with E-state index in [0.717, 1.165) is 41.5 Å². The van der Waals surface area contributed by atoms with Gasteiger partial charge in [0.05, 0.1) is 0 Å². The highest BCUT2D eigenvalue weighted by atomic mass is 32.1. The highest BCUT2D eigenvalue weighted by Gasteiger charge is 2.06. The zero-order valence-electron chi connectivity index (χ0n) is 10.9. The third-order valence-electron chi connectivity index (χ3n) is 2.88. The summed E-state index contributed by atoms with van der Waals surface area (Å²) in [5.74, 6) is 0. The summed E-state index contributed by atoms with van der Waals surface area (Å²) in [6.07, 6.45) is 4.98. The average Bonchev–Trinajstić information content (AvgIpc) is 2.39. The number of nitrogens with one attached hydrogen (secondary N) is 1. The SMILES string of the molecule is CCCNn1c(=S)c(CCC)cc2cccnc21. The maximum atomic E-state index is 5.56. The Balaban J connectivity index is 2.61. The summed E-state index contributed by atoms with van der Waals surface area (Å²) in [6.45, 7) is 5.21. The van der Waals surface area contributed by atoms with Crippen molar-refractivity contribution in [3.8, 4) is 0 Å². The summed E-state index contributed by atoms with van der Waals surface area (Å²) in [5.41, 5.74) is 5.49. The summed E-state index contributed by atoms with van der Waals surface area (Å²) in [6, 6.07) is 6.21. The molecule has 0 unspecified atom stereocenters. The van der Waals surface area contributed by atoms with Crippen molar-refractivity contribution >= 4 is 23.3 Å². The molecule has 0 spiro atoms. The van der Waals surface area contributed by atoms with E-state index in [-0.39, 0.29) is 0 Å². The lowest BCUT2D eigenvalue weighted by Crippen LogP contribution is -2.19. The van der Waals surface area contributed by atoms with Crippen molar-refractivity contribution in [2.24, 2.45) is 0 Å². The second-order valence-electron chi connectivity index (χ2n) is 4.38. The molecule has 0 aliphatic rings. The molecule has 0 aromatic carbocycles. The van der Waals surface area contributed by atoms with Crippen molar-refractivity contribution < 1.29 is 0 Å². The minimum absolute atomic E-state index is 0.858. The number of hydrogen-bond acceptors (Lipinski definition) is 3. The van der Waals surface area contributed by atoms with Crippen LogP contribution < -0.4 is 5.43 Å². The first-order chi connectivity index (χ1) is 8.77. The highest BCUT2D eigenvalue weighted by Crippen LogP contribution is 2.16. The highest BCUT2D eigenvalue weighted by molar-refractivity contribution is 7.71.